The molecule has 3 aromatic rings. The lowest BCUT2D eigenvalue weighted by Gasteiger charge is -1.98. The van der Waals surface area contributed by atoms with Crippen LogP contribution in [0.1, 0.15) is 11.4 Å². The van der Waals surface area contributed by atoms with E-state index in [0.717, 1.165) is 15.0 Å². The first-order valence-electron chi connectivity index (χ1n) is 5.93. The van der Waals surface area contributed by atoms with Gasteiger partial charge >= 0.3 is 5.82 Å². The third kappa shape index (κ3) is 1.93. The van der Waals surface area contributed by atoms with Crippen LogP contribution < -0.4 is 4.73 Å². The van der Waals surface area contributed by atoms with Crippen molar-refractivity contribution in [2.45, 2.75) is 0 Å². The van der Waals surface area contributed by atoms with E-state index < -0.39 is 0 Å². The number of hydrogen-bond donors (Lipinski definition) is 1. The van der Waals surface area contributed by atoms with Gasteiger partial charge in [-0.15, -0.1) is 0 Å². The Morgan fingerprint density at radius 1 is 0.947 bits per heavy atom. The van der Waals surface area contributed by atoms with Crippen LogP contribution >= 0.6 is 0 Å². The minimum atomic E-state index is 0.185. The summed E-state index contributed by atoms with van der Waals surface area (Å²) in [5.41, 5.74) is 1.90. The summed E-state index contributed by atoms with van der Waals surface area (Å²) in [6, 6.07) is 16.5. The standard InChI is InChI=1S/C15H12N2O2/c18-16-13-8-4-5-9-14(13)17(19)15(16)11-10-12-6-2-1-3-7-12/h1-11,18H/b11-10+. The minimum absolute atomic E-state index is 0.185. The van der Waals surface area contributed by atoms with Crippen molar-refractivity contribution in [3.8, 4) is 0 Å². The van der Waals surface area contributed by atoms with Crippen molar-refractivity contribution in [1.82, 2.24) is 4.73 Å². The molecule has 19 heavy (non-hydrogen) atoms. The highest BCUT2D eigenvalue weighted by Gasteiger charge is 2.17. The summed E-state index contributed by atoms with van der Waals surface area (Å²) in [5, 5.41) is 22.0. The molecule has 0 aliphatic carbocycles. The Balaban J connectivity index is 2.09. The highest BCUT2D eigenvalue weighted by Crippen LogP contribution is 2.14. The summed E-state index contributed by atoms with van der Waals surface area (Å²) in [6.45, 7) is 0. The molecule has 0 atom stereocenters. The predicted molar refractivity (Wildman–Crippen MR) is 73.5 cm³/mol. The third-order valence-corrected chi connectivity index (χ3v) is 2.98. The first-order valence-corrected chi connectivity index (χ1v) is 5.93. The molecule has 0 amide bonds. The molecule has 2 aromatic carbocycles. The Morgan fingerprint density at radius 3 is 2.37 bits per heavy atom. The van der Waals surface area contributed by atoms with Gasteiger partial charge in [-0.25, -0.2) is 4.73 Å². The topological polar surface area (TPSA) is 52.1 Å². The molecule has 0 spiro atoms. The van der Waals surface area contributed by atoms with Gasteiger partial charge in [-0.2, -0.15) is 0 Å². The van der Waals surface area contributed by atoms with Gasteiger partial charge in [-0.3, -0.25) is 0 Å². The molecule has 3 rings (SSSR count). The van der Waals surface area contributed by atoms with Crippen LogP contribution in [0.4, 0.5) is 0 Å². The summed E-state index contributed by atoms with van der Waals surface area (Å²) in [7, 11) is 0. The highest BCUT2D eigenvalue weighted by atomic mass is 16.5. The van der Waals surface area contributed by atoms with Gasteiger partial charge in [0.15, 0.2) is 5.52 Å². The Morgan fingerprint density at radius 2 is 1.63 bits per heavy atom. The van der Waals surface area contributed by atoms with Crippen LogP contribution in [0.2, 0.25) is 0 Å². The Bertz CT molecular complexity index is 706. The number of hydrogen-bond acceptors (Lipinski definition) is 2. The zero-order chi connectivity index (χ0) is 13.2. The molecule has 0 radical (unpaired) electrons. The van der Waals surface area contributed by atoms with Crippen LogP contribution in [-0.4, -0.2) is 9.94 Å². The van der Waals surface area contributed by atoms with E-state index in [-0.39, 0.29) is 5.82 Å². The van der Waals surface area contributed by atoms with E-state index in [1.165, 1.54) is 0 Å². The van der Waals surface area contributed by atoms with Crippen molar-refractivity contribution >= 4 is 23.2 Å². The highest BCUT2D eigenvalue weighted by molar-refractivity contribution is 5.75. The average molecular weight is 252 g/mol. The molecule has 0 unspecified atom stereocenters. The zero-order valence-electron chi connectivity index (χ0n) is 10.1. The lowest BCUT2D eigenvalue weighted by atomic mass is 10.2. The normalized spacial score (nSPS) is 11.4. The van der Waals surface area contributed by atoms with E-state index in [2.05, 4.69) is 0 Å². The van der Waals surface area contributed by atoms with Crippen LogP contribution in [0.25, 0.3) is 23.2 Å². The Hall–Kier alpha value is -2.75. The van der Waals surface area contributed by atoms with Gasteiger partial charge < -0.3 is 10.4 Å². The number of imidazole rings is 1. The van der Waals surface area contributed by atoms with Crippen molar-refractivity contribution < 1.29 is 9.94 Å². The quantitative estimate of drug-likeness (QED) is 0.433. The van der Waals surface area contributed by atoms with Gasteiger partial charge in [-0.1, -0.05) is 42.5 Å². The summed E-state index contributed by atoms with van der Waals surface area (Å²) in [4.78, 5) is 0. The Labute approximate surface area is 110 Å². The molecule has 0 fully saturated rings. The average Bonchev–Trinajstić information content (AvgIpc) is 2.71. The number of para-hydroxylation sites is 2. The fourth-order valence-corrected chi connectivity index (χ4v) is 2.02. The molecule has 0 aliphatic rings. The lowest BCUT2D eigenvalue weighted by Crippen LogP contribution is -2.28. The molecule has 4 heteroatoms. The largest absolute Gasteiger partial charge is 0.710 e. The molecule has 0 aliphatic heterocycles. The second-order valence-corrected chi connectivity index (χ2v) is 4.20. The molecule has 1 heterocycles. The summed E-state index contributed by atoms with van der Waals surface area (Å²) < 4.78 is 1.62. The van der Waals surface area contributed by atoms with Crippen LogP contribution in [-0.2, 0) is 0 Å². The number of nitrogens with zero attached hydrogens (tertiary/aromatic N) is 2. The maximum absolute atomic E-state index is 12.1. The van der Waals surface area contributed by atoms with E-state index in [1.54, 1.807) is 36.4 Å². The van der Waals surface area contributed by atoms with Crippen LogP contribution in [0.15, 0.2) is 54.6 Å². The van der Waals surface area contributed by atoms with E-state index in [1.807, 2.05) is 30.3 Å². The van der Waals surface area contributed by atoms with Crippen molar-refractivity contribution in [1.29, 1.82) is 0 Å². The number of aromatic nitrogens is 2. The fourth-order valence-electron chi connectivity index (χ4n) is 2.02. The molecular weight excluding hydrogens is 240 g/mol. The van der Waals surface area contributed by atoms with Crippen LogP contribution in [0.3, 0.4) is 0 Å². The molecule has 0 saturated heterocycles. The first kappa shape index (κ1) is 11.3. The third-order valence-electron chi connectivity index (χ3n) is 2.98. The van der Waals surface area contributed by atoms with Gasteiger partial charge in [0.25, 0.3) is 0 Å². The SMILES string of the molecule is [O-][n+]1c(/C=C/c2ccccc2)n(O)c2ccccc21. The maximum Gasteiger partial charge on any atom is 0.325 e. The van der Waals surface area contributed by atoms with Gasteiger partial charge in [0, 0.05) is 6.08 Å². The molecule has 0 bridgehead atoms. The molecular formula is C15H12N2O2. The van der Waals surface area contributed by atoms with Crippen molar-refractivity contribution in [3.05, 3.63) is 71.2 Å². The zero-order valence-corrected chi connectivity index (χ0v) is 10.1. The monoisotopic (exact) mass is 252 g/mol. The lowest BCUT2D eigenvalue weighted by molar-refractivity contribution is -0.582. The number of fused-ring (bicyclic) bond motifs is 1. The van der Waals surface area contributed by atoms with Crippen LogP contribution in [0, 0.1) is 5.21 Å². The van der Waals surface area contributed by atoms with Crippen molar-refractivity contribution in [3.63, 3.8) is 0 Å². The van der Waals surface area contributed by atoms with Gasteiger partial charge in [0.05, 0.1) is 0 Å². The summed E-state index contributed by atoms with van der Waals surface area (Å²) >= 11 is 0. The van der Waals surface area contributed by atoms with E-state index in [0.29, 0.717) is 11.0 Å². The fraction of sp³-hybridized carbons (Fsp3) is 0. The van der Waals surface area contributed by atoms with E-state index in [9.17, 15) is 10.4 Å². The molecule has 1 aromatic heterocycles. The Kier molecular flexibility index (Phi) is 2.68. The van der Waals surface area contributed by atoms with E-state index >= 15 is 0 Å². The van der Waals surface area contributed by atoms with Gasteiger partial charge in [-0.05, 0) is 28.5 Å². The van der Waals surface area contributed by atoms with Crippen molar-refractivity contribution in [2.24, 2.45) is 0 Å². The number of benzene rings is 2. The van der Waals surface area contributed by atoms with E-state index in [4.69, 9.17) is 0 Å². The predicted octanol–water partition coefficient (Wildman–Crippen LogP) is 2.68. The second-order valence-electron chi connectivity index (χ2n) is 4.20. The molecule has 0 saturated carbocycles. The van der Waals surface area contributed by atoms with Crippen molar-refractivity contribution in [2.75, 3.05) is 0 Å². The molecule has 1 N–H and O–H groups in total. The first-order chi connectivity index (χ1) is 9.27. The number of rotatable bonds is 2. The van der Waals surface area contributed by atoms with Crippen LogP contribution in [0.5, 0.6) is 0 Å². The smallest absolute Gasteiger partial charge is 0.325 e. The molecule has 4 nitrogen and oxygen atoms in total. The summed E-state index contributed by atoms with van der Waals surface area (Å²) in [5.74, 6) is 0.185. The van der Waals surface area contributed by atoms with Gasteiger partial charge in [0.2, 0.25) is 5.52 Å². The second kappa shape index (κ2) is 4.49. The minimum Gasteiger partial charge on any atom is -0.710 e. The van der Waals surface area contributed by atoms with Gasteiger partial charge in [0.1, 0.15) is 0 Å². The maximum atomic E-state index is 12.1. The molecule has 94 valence electrons. The summed E-state index contributed by atoms with van der Waals surface area (Å²) in [6.07, 6.45) is 3.39.